The summed E-state index contributed by atoms with van der Waals surface area (Å²) >= 11 is 0. The zero-order chi connectivity index (χ0) is 13.0. The molecule has 2 atom stereocenters. The second-order valence-electron chi connectivity index (χ2n) is 5.47. The lowest BCUT2D eigenvalue weighted by Crippen LogP contribution is -2.58. The number of hydrogen-bond donors (Lipinski definition) is 1. The minimum absolute atomic E-state index is 0.0644. The quantitative estimate of drug-likeness (QED) is 0.819. The molecule has 0 aliphatic carbocycles. The number of piperazine rings is 1. The predicted molar refractivity (Wildman–Crippen MR) is 77.6 cm³/mol. The number of hydrogen-bond acceptors (Lipinski definition) is 2. The zero-order valence-corrected chi connectivity index (χ0v) is 11.5. The molecule has 0 radical (unpaired) electrons. The summed E-state index contributed by atoms with van der Waals surface area (Å²) in [6.07, 6.45) is 3.08. The lowest BCUT2D eigenvalue weighted by Gasteiger charge is -2.44. The number of nitrogens with one attached hydrogen (secondary N) is 1. The van der Waals surface area contributed by atoms with Crippen molar-refractivity contribution >= 4 is 0 Å². The van der Waals surface area contributed by atoms with Gasteiger partial charge in [-0.15, -0.1) is 6.58 Å². The average molecular weight is 244 g/mol. The van der Waals surface area contributed by atoms with Gasteiger partial charge in [0, 0.05) is 25.7 Å². The van der Waals surface area contributed by atoms with Gasteiger partial charge in [0.25, 0.3) is 0 Å². The first-order chi connectivity index (χ1) is 8.65. The maximum absolute atomic E-state index is 3.85. The van der Waals surface area contributed by atoms with Crippen LogP contribution < -0.4 is 5.32 Å². The topological polar surface area (TPSA) is 15.3 Å². The van der Waals surface area contributed by atoms with Crippen LogP contribution in [0.2, 0.25) is 0 Å². The van der Waals surface area contributed by atoms with Gasteiger partial charge >= 0.3 is 0 Å². The smallest absolute Gasteiger partial charge is 0.0535 e. The van der Waals surface area contributed by atoms with Gasteiger partial charge in [-0.1, -0.05) is 36.4 Å². The normalized spacial score (nSPS) is 26.8. The number of rotatable bonds is 4. The van der Waals surface area contributed by atoms with Crippen LogP contribution in [0.5, 0.6) is 0 Å². The van der Waals surface area contributed by atoms with Gasteiger partial charge in [0.1, 0.15) is 0 Å². The van der Waals surface area contributed by atoms with Crippen molar-refractivity contribution in [1.82, 2.24) is 10.2 Å². The minimum Gasteiger partial charge on any atom is -0.305 e. The Morgan fingerprint density at radius 1 is 1.44 bits per heavy atom. The van der Waals surface area contributed by atoms with Crippen molar-refractivity contribution in [2.75, 3.05) is 19.6 Å². The minimum atomic E-state index is 0.0644. The first kappa shape index (κ1) is 13.3. The van der Waals surface area contributed by atoms with Crippen molar-refractivity contribution in [3.63, 3.8) is 0 Å². The number of benzene rings is 1. The van der Waals surface area contributed by atoms with Crippen LogP contribution in [0.1, 0.15) is 25.8 Å². The zero-order valence-electron chi connectivity index (χ0n) is 11.5. The molecule has 1 N–H and O–H groups in total. The van der Waals surface area contributed by atoms with Gasteiger partial charge < -0.3 is 5.32 Å². The Balaban J connectivity index is 2.12. The Morgan fingerprint density at radius 3 is 2.83 bits per heavy atom. The predicted octanol–water partition coefficient (Wildman–Crippen LogP) is 2.77. The fourth-order valence-corrected chi connectivity index (χ4v) is 2.78. The third-order valence-corrected chi connectivity index (χ3v) is 3.98. The summed E-state index contributed by atoms with van der Waals surface area (Å²) in [7, 11) is 0. The second kappa shape index (κ2) is 5.68. The highest BCUT2D eigenvalue weighted by atomic mass is 15.2. The van der Waals surface area contributed by atoms with E-state index in [0.717, 1.165) is 26.1 Å². The third kappa shape index (κ3) is 2.82. The molecule has 0 saturated carbocycles. The van der Waals surface area contributed by atoms with E-state index in [0.29, 0.717) is 6.04 Å². The van der Waals surface area contributed by atoms with Gasteiger partial charge in [-0.2, -0.15) is 0 Å². The number of nitrogens with zero attached hydrogens (tertiary/aromatic N) is 1. The highest BCUT2D eigenvalue weighted by Gasteiger charge is 2.33. The van der Waals surface area contributed by atoms with Crippen LogP contribution >= 0.6 is 0 Å². The van der Waals surface area contributed by atoms with E-state index >= 15 is 0 Å². The summed E-state index contributed by atoms with van der Waals surface area (Å²) in [4.78, 5) is 2.56. The summed E-state index contributed by atoms with van der Waals surface area (Å²) in [6, 6.07) is 11.3. The Labute approximate surface area is 111 Å². The van der Waals surface area contributed by atoms with Crippen LogP contribution in [0.4, 0.5) is 0 Å². The Morgan fingerprint density at radius 2 is 2.17 bits per heavy atom. The molecule has 2 nitrogen and oxygen atoms in total. The van der Waals surface area contributed by atoms with Crippen LogP contribution in [0.25, 0.3) is 0 Å². The third-order valence-electron chi connectivity index (χ3n) is 3.98. The summed E-state index contributed by atoms with van der Waals surface area (Å²) < 4.78 is 0. The maximum atomic E-state index is 3.85. The second-order valence-corrected chi connectivity index (χ2v) is 5.47. The lowest BCUT2D eigenvalue weighted by atomic mass is 9.89. The molecule has 1 saturated heterocycles. The molecular formula is C16H24N2. The van der Waals surface area contributed by atoms with E-state index in [2.05, 4.69) is 61.0 Å². The molecule has 1 aliphatic rings. The molecule has 1 aromatic rings. The maximum Gasteiger partial charge on any atom is 0.0535 e. The summed E-state index contributed by atoms with van der Waals surface area (Å²) in [5, 5.41) is 3.67. The van der Waals surface area contributed by atoms with Gasteiger partial charge in [-0.25, -0.2) is 0 Å². The molecule has 2 rings (SSSR count). The Hall–Kier alpha value is -1.12. The van der Waals surface area contributed by atoms with Gasteiger partial charge in [-0.3, -0.25) is 4.90 Å². The van der Waals surface area contributed by atoms with Crippen molar-refractivity contribution in [2.24, 2.45) is 0 Å². The van der Waals surface area contributed by atoms with E-state index in [4.69, 9.17) is 0 Å². The molecule has 0 spiro atoms. The summed E-state index contributed by atoms with van der Waals surface area (Å²) in [5.41, 5.74) is 1.44. The van der Waals surface area contributed by atoms with Gasteiger partial charge in [0.15, 0.2) is 0 Å². The van der Waals surface area contributed by atoms with E-state index in [1.54, 1.807) is 0 Å². The van der Waals surface area contributed by atoms with Gasteiger partial charge in [0.2, 0.25) is 0 Å². The van der Waals surface area contributed by atoms with Crippen molar-refractivity contribution in [3.8, 4) is 0 Å². The molecule has 2 unspecified atom stereocenters. The fraction of sp³-hybridized carbons (Fsp3) is 0.500. The largest absolute Gasteiger partial charge is 0.305 e. The first-order valence-corrected chi connectivity index (χ1v) is 6.81. The molecule has 0 bridgehead atoms. The molecule has 0 amide bonds. The van der Waals surface area contributed by atoms with Crippen LogP contribution in [0.15, 0.2) is 43.0 Å². The van der Waals surface area contributed by atoms with Gasteiger partial charge in [0.05, 0.1) is 5.54 Å². The van der Waals surface area contributed by atoms with Crippen LogP contribution in [-0.4, -0.2) is 30.6 Å². The monoisotopic (exact) mass is 244 g/mol. The molecule has 1 fully saturated rings. The van der Waals surface area contributed by atoms with E-state index in [-0.39, 0.29) is 5.54 Å². The lowest BCUT2D eigenvalue weighted by molar-refractivity contribution is 0.107. The molecule has 2 heteroatoms. The molecule has 1 aliphatic heterocycles. The molecule has 1 aromatic carbocycles. The fourth-order valence-electron chi connectivity index (χ4n) is 2.78. The highest BCUT2D eigenvalue weighted by molar-refractivity contribution is 5.25. The van der Waals surface area contributed by atoms with E-state index in [1.165, 1.54) is 5.56 Å². The summed E-state index contributed by atoms with van der Waals surface area (Å²) in [6.45, 7) is 11.7. The van der Waals surface area contributed by atoms with Gasteiger partial charge in [-0.05, 0) is 25.8 Å². The molecule has 18 heavy (non-hydrogen) atoms. The average Bonchev–Trinajstić information content (AvgIpc) is 2.40. The summed E-state index contributed by atoms with van der Waals surface area (Å²) in [5.74, 6) is 0. The SMILES string of the molecule is C=CCC(C)N1CCNC(C)(c2ccccc2)C1. The molecule has 98 valence electrons. The standard InChI is InChI=1S/C16H24N2/c1-4-8-14(2)18-12-11-17-16(3,13-18)15-9-6-5-7-10-15/h4-7,9-10,14,17H,1,8,11-13H2,2-3H3. The van der Waals surface area contributed by atoms with E-state index in [9.17, 15) is 0 Å². The molecule has 1 heterocycles. The van der Waals surface area contributed by atoms with Crippen molar-refractivity contribution < 1.29 is 0 Å². The highest BCUT2D eigenvalue weighted by Crippen LogP contribution is 2.25. The Bertz CT molecular complexity index is 387. The van der Waals surface area contributed by atoms with Crippen LogP contribution in [-0.2, 0) is 5.54 Å². The van der Waals surface area contributed by atoms with Crippen LogP contribution in [0.3, 0.4) is 0 Å². The first-order valence-electron chi connectivity index (χ1n) is 6.81. The molecular weight excluding hydrogens is 220 g/mol. The van der Waals surface area contributed by atoms with Crippen molar-refractivity contribution in [3.05, 3.63) is 48.6 Å². The Kier molecular flexibility index (Phi) is 4.20. The van der Waals surface area contributed by atoms with Crippen LogP contribution in [0, 0.1) is 0 Å². The van der Waals surface area contributed by atoms with E-state index in [1.807, 2.05) is 6.08 Å². The van der Waals surface area contributed by atoms with Crippen molar-refractivity contribution in [2.45, 2.75) is 31.8 Å². The van der Waals surface area contributed by atoms with E-state index < -0.39 is 0 Å². The molecule has 0 aromatic heterocycles. The van der Waals surface area contributed by atoms with Crippen molar-refractivity contribution in [1.29, 1.82) is 0 Å².